The molecule has 2 heterocycles. The van der Waals surface area contributed by atoms with E-state index in [-0.39, 0.29) is 30.5 Å². The van der Waals surface area contributed by atoms with Gasteiger partial charge in [0, 0.05) is 5.92 Å². The van der Waals surface area contributed by atoms with Gasteiger partial charge in [0.05, 0.1) is 23.5 Å². The molecule has 0 saturated heterocycles. The number of amides is 1. The van der Waals surface area contributed by atoms with Crippen LogP contribution in [0, 0.1) is 6.92 Å². The van der Waals surface area contributed by atoms with Crippen molar-refractivity contribution < 1.29 is 27.2 Å². The molecule has 2 aromatic rings. The number of benzene rings is 1. The number of carbonyl (C=O) groups is 1. The van der Waals surface area contributed by atoms with Gasteiger partial charge in [0.15, 0.2) is 11.5 Å². The Bertz CT molecular complexity index is 812. The van der Waals surface area contributed by atoms with Gasteiger partial charge in [-0.1, -0.05) is 25.1 Å². The molecule has 8 heteroatoms. The highest BCUT2D eigenvalue weighted by Gasteiger charge is 2.39. The Kier molecular flexibility index (Phi) is 4.22. The molecule has 0 saturated carbocycles. The van der Waals surface area contributed by atoms with Crippen LogP contribution in [0.5, 0.6) is 5.75 Å². The van der Waals surface area contributed by atoms with Crippen LogP contribution in [-0.2, 0) is 6.18 Å². The first-order valence-corrected chi connectivity index (χ1v) is 7.83. The number of ether oxygens (including phenoxy) is 1. The number of hydrogen-bond acceptors (Lipinski definition) is 4. The lowest BCUT2D eigenvalue weighted by molar-refractivity contribution is -0.139. The number of aryl methyl sites for hydroxylation is 1. The van der Waals surface area contributed by atoms with E-state index in [1.54, 1.807) is 6.92 Å². The van der Waals surface area contributed by atoms with Crippen molar-refractivity contribution in [2.24, 2.45) is 0 Å². The van der Waals surface area contributed by atoms with E-state index in [0.717, 1.165) is 6.07 Å². The average Bonchev–Trinajstić information content (AvgIpc) is 2.94. The van der Waals surface area contributed by atoms with E-state index in [0.29, 0.717) is 17.0 Å². The lowest BCUT2D eigenvalue weighted by Crippen LogP contribution is -2.39. The molecule has 3 rings (SSSR count). The Hall–Kier alpha value is -2.51. The third-order valence-corrected chi connectivity index (χ3v) is 4.02. The van der Waals surface area contributed by atoms with Crippen LogP contribution >= 0.6 is 0 Å². The van der Waals surface area contributed by atoms with Crippen LogP contribution in [0.2, 0.25) is 0 Å². The topological polar surface area (TPSA) is 55.6 Å². The summed E-state index contributed by atoms with van der Waals surface area (Å²) in [6.45, 7) is 5.47. The van der Waals surface area contributed by atoms with Crippen LogP contribution in [0.1, 0.15) is 47.1 Å². The fourth-order valence-corrected chi connectivity index (χ4v) is 2.86. The van der Waals surface area contributed by atoms with Gasteiger partial charge in [-0.3, -0.25) is 4.79 Å². The number of halogens is 3. The van der Waals surface area contributed by atoms with E-state index in [9.17, 15) is 18.0 Å². The Morgan fingerprint density at radius 1 is 1.32 bits per heavy atom. The number of hydrogen-bond donors (Lipinski definition) is 0. The molecule has 1 aliphatic rings. The van der Waals surface area contributed by atoms with Gasteiger partial charge in [-0.25, -0.2) is 0 Å². The summed E-state index contributed by atoms with van der Waals surface area (Å²) in [6, 6.07) is 3.65. The van der Waals surface area contributed by atoms with E-state index in [1.165, 1.54) is 17.0 Å². The molecular formula is C17H17F3N2O3. The van der Waals surface area contributed by atoms with E-state index in [4.69, 9.17) is 9.26 Å². The molecule has 0 aliphatic carbocycles. The molecule has 5 nitrogen and oxygen atoms in total. The van der Waals surface area contributed by atoms with Crippen LogP contribution in [0.3, 0.4) is 0 Å². The smallest absolute Gasteiger partial charge is 0.420 e. The van der Waals surface area contributed by atoms with Gasteiger partial charge in [-0.15, -0.1) is 0 Å². The van der Waals surface area contributed by atoms with Crippen LogP contribution < -0.4 is 9.64 Å². The van der Waals surface area contributed by atoms with Crippen molar-refractivity contribution in [3.05, 3.63) is 40.8 Å². The zero-order valence-corrected chi connectivity index (χ0v) is 14.0. The molecule has 1 amide bonds. The molecule has 0 unspecified atom stereocenters. The van der Waals surface area contributed by atoms with Crippen molar-refractivity contribution in [1.29, 1.82) is 0 Å². The highest BCUT2D eigenvalue weighted by Crippen LogP contribution is 2.43. The SMILES string of the molecule is Cc1noc(C(C)C)c1C(=O)N1CCOc2c1cccc2C(F)(F)F. The fraction of sp³-hybridized carbons (Fsp3) is 0.412. The zero-order chi connectivity index (χ0) is 18.4. The first kappa shape index (κ1) is 17.3. The second kappa shape index (κ2) is 6.09. The highest BCUT2D eigenvalue weighted by molar-refractivity contribution is 6.08. The van der Waals surface area contributed by atoms with E-state index in [2.05, 4.69) is 5.16 Å². The van der Waals surface area contributed by atoms with Crippen molar-refractivity contribution in [2.45, 2.75) is 32.9 Å². The third kappa shape index (κ3) is 2.96. The molecule has 1 aromatic heterocycles. The van der Waals surface area contributed by atoms with Crippen LogP contribution in [-0.4, -0.2) is 24.2 Å². The van der Waals surface area contributed by atoms with Gasteiger partial charge in [0.1, 0.15) is 12.2 Å². The molecule has 0 bridgehead atoms. The fourth-order valence-electron chi connectivity index (χ4n) is 2.86. The Labute approximate surface area is 142 Å². The van der Waals surface area contributed by atoms with Gasteiger partial charge in [-0.2, -0.15) is 13.2 Å². The highest BCUT2D eigenvalue weighted by atomic mass is 19.4. The van der Waals surface area contributed by atoms with Gasteiger partial charge >= 0.3 is 6.18 Å². The summed E-state index contributed by atoms with van der Waals surface area (Å²) in [5, 5.41) is 3.83. The summed E-state index contributed by atoms with van der Waals surface area (Å²) in [5.41, 5.74) is -0.0935. The first-order valence-electron chi connectivity index (χ1n) is 7.83. The molecule has 0 atom stereocenters. The maximum absolute atomic E-state index is 13.2. The summed E-state index contributed by atoms with van der Waals surface area (Å²) in [4.78, 5) is 14.3. The van der Waals surface area contributed by atoms with E-state index in [1.807, 2.05) is 13.8 Å². The molecule has 25 heavy (non-hydrogen) atoms. The molecule has 0 spiro atoms. The zero-order valence-electron chi connectivity index (χ0n) is 14.0. The van der Waals surface area contributed by atoms with Crippen LogP contribution in [0.25, 0.3) is 0 Å². The van der Waals surface area contributed by atoms with Crippen molar-refractivity contribution in [2.75, 3.05) is 18.1 Å². The van der Waals surface area contributed by atoms with Gasteiger partial charge < -0.3 is 14.2 Å². The number of aromatic nitrogens is 1. The van der Waals surface area contributed by atoms with Gasteiger partial charge in [0.25, 0.3) is 5.91 Å². The second-order valence-electron chi connectivity index (χ2n) is 6.12. The Morgan fingerprint density at radius 2 is 2.04 bits per heavy atom. The van der Waals surface area contributed by atoms with Crippen LogP contribution in [0.15, 0.2) is 22.7 Å². The standard InChI is InChI=1S/C17H17F3N2O3/c1-9(2)14-13(10(3)21-25-14)16(23)22-7-8-24-15-11(17(18,19)20)5-4-6-12(15)22/h4-6,9H,7-8H2,1-3H3. The van der Waals surface area contributed by atoms with Gasteiger partial charge in [0.2, 0.25) is 0 Å². The molecule has 0 radical (unpaired) electrons. The minimum Gasteiger partial charge on any atom is -0.489 e. The van der Waals surface area contributed by atoms with E-state index < -0.39 is 17.6 Å². The molecule has 0 N–H and O–H groups in total. The lowest BCUT2D eigenvalue weighted by Gasteiger charge is -2.31. The van der Waals surface area contributed by atoms with Crippen molar-refractivity contribution in [3.8, 4) is 5.75 Å². The normalized spacial score (nSPS) is 14.4. The molecule has 134 valence electrons. The third-order valence-electron chi connectivity index (χ3n) is 4.02. The monoisotopic (exact) mass is 354 g/mol. The summed E-state index contributed by atoms with van der Waals surface area (Å²) in [5.74, 6) is -0.425. The van der Waals surface area contributed by atoms with Crippen LogP contribution in [0.4, 0.5) is 18.9 Å². The number of fused-ring (bicyclic) bond motifs is 1. The molecule has 0 fully saturated rings. The minimum absolute atomic E-state index is 0.0207. The number of para-hydroxylation sites is 1. The van der Waals surface area contributed by atoms with Crippen molar-refractivity contribution in [3.63, 3.8) is 0 Å². The first-order chi connectivity index (χ1) is 11.7. The summed E-state index contributed by atoms with van der Waals surface area (Å²) < 4.78 is 50.1. The maximum Gasteiger partial charge on any atom is 0.420 e. The Balaban J connectivity index is 2.08. The second-order valence-corrected chi connectivity index (χ2v) is 6.12. The molecule has 1 aromatic carbocycles. The number of nitrogens with zero attached hydrogens (tertiary/aromatic N) is 2. The molecular weight excluding hydrogens is 337 g/mol. The number of anilines is 1. The quantitative estimate of drug-likeness (QED) is 0.812. The van der Waals surface area contributed by atoms with Gasteiger partial charge in [-0.05, 0) is 19.1 Å². The largest absolute Gasteiger partial charge is 0.489 e. The van der Waals surface area contributed by atoms with Crippen molar-refractivity contribution in [1.82, 2.24) is 5.16 Å². The summed E-state index contributed by atoms with van der Waals surface area (Å²) >= 11 is 0. The summed E-state index contributed by atoms with van der Waals surface area (Å²) in [6.07, 6.45) is -4.56. The lowest BCUT2D eigenvalue weighted by atomic mass is 10.0. The average molecular weight is 354 g/mol. The number of alkyl halides is 3. The maximum atomic E-state index is 13.2. The Morgan fingerprint density at radius 3 is 2.68 bits per heavy atom. The number of rotatable bonds is 2. The minimum atomic E-state index is -4.56. The van der Waals surface area contributed by atoms with Crippen molar-refractivity contribution >= 4 is 11.6 Å². The number of carbonyl (C=O) groups excluding carboxylic acids is 1. The predicted molar refractivity (Wildman–Crippen MR) is 83.9 cm³/mol. The predicted octanol–water partition coefficient (Wildman–Crippen LogP) is 4.16. The molecule has 1 aliphatic heterocycles. The van der Waals surface area contributed by atoms with E-state index >= 15 is 0 Å². The summed E-state index contributed by atoms with van der Waals surface area (Å²) in [7, 11) is 0.